The van der Waals surface area contributed by atoms with Crippen molar-refractivity contribution in [3.63, 3.8) is 0 Å². The normalized spacial score (nSPS) is 10.8. The van der Waals surface area contributed by atoms with Crippen LogP contribution in [0, 0.1) is 0 Å². The molecule has 0 saturated heterocycles. The number of carbonyl (C=O) groups excluding carboxylic acids is 1. The molecule has 1 aromatic carbocycles. The van der Waals surface area contributed by atoms with E-state index >= 15 is 0 Å². The van der Waals surface area contributed by atoms with Crippen molar-refractivity contribution in [2.45, 2.75) is 0 Å². The van der Waals surface area contributed by atoms with Crippen molar-refractivity contribution in [3.05, 3.63) is 53.9 Å². The Hall–Kier alpha value is -2.89. The van der Waals surface area contributed by atoms with Crippen molar-refractivity contribution >= 4 is 23.6 Å². The number of aryl methyl sites for hydroxylation is 1. The third kappa shape index (κ3) is 3.17. The number of carbonyl (C=O) groups is 2. The van der Waals surface area contributed by atoms with E-state index in [-0.39, 0.29) is 11.5 Å². The number of rotatable bonds is 4. The highest BCUT2D eigenvalue weighted by atomic mass is 16.4. The molecular weight excluding hydrogens is 270 g/mol. The molecule has 6 nitrogen and oxygen atoms in total. The van der Waals surface area contributed by atoms with Gasteiger partial charge in [0.15, 0.2) is 0 Å². The van der Waals surface area contributed by atoms with Crippen LogP contribution in [0.4, 0.5) is 5.69 Å². The van der Waals surface area contributed by atoms with E-state index in [1.54, 1.807) is 48.3 Å². The zero-order valence-electron chi connectivity index (χ0n) is 11.7. The molecule has 0 spiro atoms. The van der Waals surface area contributed by atoms with Crippen LogP contribution in [-0.4, -0.2) is 33.8 Å². The average molecular weight is 285 g/mol. The van der Waals surface area contributed by atoms with Crippen molar-refractivity contribution in [1.29, 1.82) is 0 Å². The van der Waals surface area contributed by atoms with E-state index in [1.165, 1.54) is 24.1 Å². The molecule has 21 heavy (non-hydrogen) atoms. The van der Waals surface area contributed by atoms with Gasteiger partial charge in [0, 0.05) is 26.4 Å². The standard InChI is InChI=1S/C15H15N3O3/c1-17(13-6-4-3-5-12(13)15(20)21)14(19)8-7-11-9-10-16-18(11)2/h3-10H,1-2H3,(H,20,21)/b8-7+. The van der Waals surface area contributed by atoms with Crippen LogP contribution in [0.15, 0.2) is 42.6 Å². The predicted octanol–water partition coefficient (Wildman–Crippen LogP) is 1.79. The Labute approximate surface area is 121 Å². The Morgan fingerprint density at radius 3 is 2.62 bits per heavy atom. The first-order valence-electron chi connectivity index (χ1n) is 6.27. The fourth-order valence-electron chi connectivity index (χ4n) is 1.88. The molecule has 1 aromatic heterocycles. The van der Waals surface area contributed by atoms with Gasteiger partial charge < -0.3 is 10.0 Å². The van der Waals surface area contributed by atoms with Crippen molar-refractivity contribution in [3.8, 4) is 0 Å². The molecule has 6 heteroatoms. The van der Waals surface area contributed by atoms with Crippen molar-refractivity contribution in [2.24, 2.45) is 7.05 Å². The molecule has 2 aromatic rings. The highest BCUT2D eigenvalue weighted by Gasteiger charge is 2.16. The molecule has 0 aliphatic rings. The van der Waals surface area contributed by atoms with E-state index in [2.05, 4.69) is 5.10 Å². The molecule has 1 amide bonds. The second-order valence-electron chi connectivity index (χ2n) is 4.43. The first kappa shape index (κ1) is 14.5. The van der Waals surface area contributed by atoms with Crippen LogP contribution in [-0.2, 0) is 11.8 Å². The largest absolute Gasteiger partial charge is 0.478 e. The maximum atomic E-state index is 12.1. The van der Waals surface area contributed by atoms with Gasteiger partial charge in [-0.2, -0.15) is 5.10 Å². The maximum absolute atomic E-state index is 12.1. The highest BCUT2D eigenvalue weighted by Crippen LogP contribution is 2.19. The molecule has 0 aliphatic carbocycles. The van der Waals surface area contributed by atoms with Crippen LogP contribution < -0.4 is 4.90 Å². The topological polar surface area (TPSA) is 75.4 Å². The highest BCUT2D eigenvalue weighted by molar-refractivity contribution is 6.07. The van der Waals surface area contributed by atoms with Crippen LogP contribution in [0.5, 0.6) is 0 Å². The summed E-state index contributed by atoms with van der Waals surface area (Å²) < 4.78 is 1.63. The summed E-state index contributed by atoms with van der Waals surface area (Å²) in [7, 11) is 3.31. The predicted molar refractivity (Wildman–Crippen MR) is 79.1 cm³/mol. The Morgan fingerprint density at radius 1 is 1.29 bits per heavy atom. The van der Waals surface area contributed by atoms with Crippen LogP contribution in [0.25, 0.3) is 6.08 Å². The van der Waals surface area contributed by atoms with E-state index in [9.17, 15) is 9.59 Å². The number of aromatic nitrogens is 2. The summed E-state index contributed by atoms with van der Waals surface area (Å²) in [6, 6.07) is 8.15. The summed E-state index contributed by atoms with van der Waals surface area (Å²) in [5.41, 5.74) is 1.22. The number of hydrogen-bond acceptors (Lipinski definition) is 3. The molecule has 108 valence electrons. The van der Waals surface area contributed by atoms with Crippen LogP contribution in [0.3, 0.4) is 0 Å². The summed E-state index contributed by atoms with van der Waals surface area (Å²) in [5, 5.41) is 13.1. The smallest absolute Gasteiger partial charge is 0.337 e. The monoisotopic (exact) mass is 285 g/mol. The first-order valence-corrected chi connectivity index (χ1v) is 6.27. The van der Waals surface area contributed by atoms with Gasteiger partial charge >= 0.3 is 5.97 Å². The molecule has 0 bridgehead atoms. The molecule has 0 radical (unpaired) electrons. The first-order chi connectivity index (χ1) is 10.0. The zero-order chi connectivity index (χ0) is 15.4. The molecular formula is C15H15N3O3. The van der Waals surface area contributed by atoms with Crippen molar-refractivity contribution < 1.29 is 14.7 Å². The molecule has 0 unspecified atom stereocenters. The lowest BCUT2D eigenvalue weighted by Crippen LogP contribution is -2.26. The Bertz CT molecular complexity index is 704. The SMILES string of the molecule is CN(C(=O)/C=C/c1ccnn1C)c1ccccc1C(=O)O. The summed E-state index contributed by atoms with van der Waals surface area (Å²) in [6.45, 7) is 0. The number of carboxylic acid groups (broad SMARTS) is 1. The molecule has 1 heterocycles. The van der Waals surface area contributed by atoms with Gasteiger partial charge in [0.05, 0.1) is 16.9 Å². The van der Waals surface area contributed by atoms with Gasteiger partial charge in [-0.1, -0.05) is 12.1 Å². The van der Waals surface area contributed by atoms with E-state index in [4.69, 9.17) is 5.11 Å². The van der Waals surface area contributed by atoms with E-state index < -0.39 is 5.97 Å². The summed E-state index contributed by atoms with van der Waals surface area (Å²) in [6.07, 6.45) is 4.65. The second kappa shape index (κ2) is 6.04. The maximum Gasteiger partial charge on any atom is 0.337 e. The van der Waals surface area contributed by atoms with Gasteiger partial charge in [-0.15, -0.1) is 0 Å². The minimum atomic E-state index is -1.07. The molecule has 2 rings (SSSR count). The fraction of sp³-hybridized carbons (Fsp3) is 0.133. The number of aromatic carboxylic acids is 1. The molecule has 0 atom stereocenters. The van der Waals surface area contributed by atoms with Gasteiger partial charge in [-0.25, -0.2) is 4.79 Å². The number of benzene rings is 1. The number of hydrogen-bond donors (Lipinski definition) is 1. The minimum absolute atomic E-state index is 0.0854. The van der Waals surface area contributed by atoms with Gasteiger partial charge in [0.25, 0.3) is 5.91 Å². The lowest BCUT2D eigenvalue weighted by Gasteiger charge is -2.17. The lowest BCUT2D eigenvalue weighted by atomic mass is 10.1. The lowest BCUT2D eigenvalue weighted by molar-refractivity contribution is -0.113. The number of amides is 1. The number of likely N-dealkylation sites (N-methyl/N-ethyl adjacent to an activating group) is 1. The third-order valence-electron chi connectivity index (χ3n) is 3.08. The summed E-state index contributed by atoms with van der Waals surface area (Å²) >= 11 is 0. The number of anilines is 1. The van der Waals surface area contributed by atoms with E-state index in [0.717, 1.165) is 5.69 Å². The molecule has 0 fully saturated rings. The number of nitrogens with zero attached hydrogens (tertiary/aromatic N) is 3. The van der Waals surface area contributed by atoms with Gasteiger partial charge in [0.1, 0.15) is 0 Å². The summed E-state index contributed by atoms with van der Waals surface area (Å²) in [4.78, 5) is 24.6. The Kier molecular flexibility index (Phi) is 4.18. The minimum Gasteiger partial charge on any atom is -0.478 e. The number of para-hydroxylation sites is 1. The van der Waals surface area contributed by atoms with E-state index in [1.807, 2.05) is 0 Å². The fourth-order valence-corrected chi connectivity index (χ4v) is 1.88. The summed E-state index contributed by atoms with van der Waals surface area (Å²) in [5.74, 6) is -1.38. The molecule has 0 saturated carbocycles. The van der Waals surface area contributed by atoms with Gasteiger partial charge in [-0.05, 0) is 24.3 Å². The van der Waals surface area contributed by atoms with Crippen molar-refractivity contribution in [1.82, 2.24) is 9.78 Å². The zero-order valence-corrected chi connectivity index (χ0v) is 11.7. The quantitative estimate of drug-likeness (QED) is 0.869. The van der Waals surface area contributed by atoms with Gasteiger partial charge in [-0.3, -0.25) is 9.48 Å². The Morgan fingerprint density at radius 2 is 2.00 bits per heavy atom. The average Bonchev–Trinajstić information content (AvgIpc) is 2.89. The van der Waals surface area contributed by atoms with Crippen LogP contribution in [0.1, 0.15) is 16.1 Å². The van der Waals surface area contributed by atoms with Crippen molar-refractivity contribution in [2.75, 3.05) is 11.9 Å². The molecule has 0 aliphatic heterocycles. The third-order valence-corrected chi connectivity index (χ3v) is 3.08. The molecule has 1 N–H and O–H groups in total. The number of carboxylic acids is 1. The van der Waals surface area contributed by atoms with Crippen LogP contribution in [0.2, 0.25) is 0 Å². The van der Waals surface area contributed by atoms with Crippen LogP contribution >= 0.6 is 0 Å². The van der Waals surface area contributed by atoms with E-state index in [0.29, 0.717) is 5.69 Å². The second-order valence-corrected chi connectivity index (χ2v) is 4.43. The van der Waals surface area contributed by atoms with Gasteiger partial charge in [0.2, 0.25) is 0 Å². The Balaban J connectivity index is 2.22.